The fourth-order valence-corrected chi connectivity index (χ4v) is 5.90. The van der Waals surface area contributed by atoms with Crippen molar-refractivity contribution in [3.05, 3.63) is 151 Å². The summed E-state index contributed by atoms with van der Waals surface area (Å²) in [4.78, 5) is 19.4. The summed E-state index contributed by atoms with van der Waals surface area (Å²) in [5.41, 5.74) is 9.45. The van der Waals surface area contributed by atoms with Gasteiger partial charge in [-0.05, 0) is 60.0 Å². The van der Waals surface area contributed by atoms with E-state index >= 15 is 0 Å². The van der Waals surface area contributed by atoms with Crippen LogP contribution in [0, 0.1) is 6.92 Å². The molecule has 0 fully saturated rings. The summed E-state index contributed by atoms with van der Waals surface area (Å²) in [6.45, 7) is 2.14. The van der Waals surface area contributed by atoms with Crippen molar-refractivity contribution in [3.63, 3.8) is 0 Å². The minimum absolute atomic E-state index is 0.618. The molecule has 3 aromatic heterocycles. The first-order valence-corrected chi connectivity index (χ1v) is 14.6. The van der Waals surface area contributed by atoms with Crippen LogP contribution in [-0.2, 0) is 0 Å². The molecule has 5 aromatic carbocycles. The summed E-state index contributed by atoms with van der Waals surface area (Å²) in [5, 5.41) is 2.41. The van der Waals surface area contributed by atoms with Crippen LogP contribution in [0.15, 0.2) is 146 Å². The SMILES string of the molecule is Cc1ccc2c3ccccc3n(-c3cc(-c4ccncc4)ccc3-c3nc(-c4ccccc4)nc(-c4ccccc4)n3)c2c1. The van der Waals surface area contributed by atoms with Crippen molar-refractivity contribution in [3.8, 4) is 51.0 Å². The van der Waals surface area contributed by atoms with E-state index in [9.17, 15) is 0 Å². The molecule has 0 saturated carbocycles. The van der Waals surface area contributed by atoms with Gasteiger partial charge in [-0.15, -0.1) is 0 Å². The van der Waals surface area contributed by atoms with Crippen molar-refractivity contribution >= 4 is 21.8 Å². The lowest BCUT2D eigenvalue weighted by atomic mass is 10.0. The van der Waals surface area contributed by atoms with E-state index in [0.717, 1.165) is 44.5 Å². The molecule has 0 amide bonds. The average Bonchev–Trinajstić information content (AvgIpc) is 3.42. The molecule has 5 heteroatoms. The summed E-state index contributed by atoms with van der Waals surface area (Å²) in [5.74, 6) is 1.89. The number of aryl methyl sites for hydroxylation is 1. The fraction of sp³-hybridized carbons (Fsp3) is 0.0256. The quantitative estimate of drug-likeness (QED) is 0.209. The Labute approximate surface area is 255 Å². The van der Waals surface area contributed by atoms with Crippen molar-refractivity contribution in [1.82, 2.24) is 24.5 Å². The number of fused-ring (bicyclic) bond motifs is 3. The van der Waals surface area contributed by atoms with Crippen LogP contribution in [0.2, 0.25) is 0 Å². The standard InChI is InChI=1S/C39H27N5/c1-26-16-18-32-31-14-8-9-15-34(31)44(35(32)24-26)36-25-30(27-20-22-40-23-21-27)17-19-33(36)39-42-37(28-10-4-2-5-11-28)41-38(43-39)29-12-6-3-7-13-29/h2-25H,1H3. The number of rotatable bonds is 5. The van der Waals surface area contributed by atoms with Crippen LogP contribution < -0.4 is 0 Å². The monoisotopic (exact) mass is 565 g/mol. The van der Waals surface area contributed by atoms with E-state index < -0.39 is 0 Å². The number of para-hydroxylation sites is 1. The summed E-state index contributed by atoms with van der Waals surface area (Å²) in [6.07, 6.45) is 3.66. The molecule has 0 unspecified atom stereocenters. The van der Waals surface area contributed by atoms with Crippen molar-refractivity contribution in [2.45, 2.75) is 6.92 Å². The second kappa shape index (κ2) is 10.7. The van der Waals surface area contributed by atoms with Gasteiger partial charge < -0.3 is 4.57 Å². The maximum atomic E-state index is 5.10. The molecule has 44 heavy (non-hydrogen) atoms. The third kappa shape index (κ3) is 4.52. The summed E-state index contributed by atoms with van der Waals surface area (Å²) in [6, 6.07) is 46.0. The average molecular weight is 566 g/mol. The largest absolute Gasteiger partial charge is 0.308 e. The van der Waals surface area contributed by atoms with Gasteiger partial charge in [0.25, 0.3) is 0 Å². The van der Waals surface area contributed by atoms with E-state index in [1.54, 1.807) is 0 Å². The molecule has 0 atom stereocenters. The lowest BCUT2D eigenvalue weighted by molar-refractivity contribution is 1.06. The third-order valence-electron chi connectivity index (χ3n) is 8.02. The topological polar surface area (TPSA) is 56.5 Å². The molecule has 0 aliphatic heterocycles. The number of hydrogen-bond donors (Lipinski definition) is 0. The molecule has 208 valence electrons. The Morgan fingerprint density at radius 3 is 1.77 bits per heavy atom. The van der Waals surface area contributed by atoms with Gasteiger partial charge in [0.2, 0.25) is 0 Å². The Morgan fingerprint density at radius 2 is 1.07 bits per heavy atom. The predicted molar refractivity (Wildman–Crippen MR) is 178 cm³/mol. The second-order valence-corrected chi connectivity index (χ2v) is 10.9. The van der Waals surface area contributed by atoms with Crippen LogP contribution in [0.5, 0.6) is 0 Å². The van der Waals surface area contributed by atoms with E-state index in [2.05, 4.69) is 77.1 Å². The first-order valence-electron chi connectivity index (χ1n) is 14.6. The van der Waals surface area contributed by atoms with Crippen LogP contribution in [0.4, 0.5) is 0 Å². The zero-order valence-corrected chi connectivity index (χ0v) is 24.1. The fourth-order valence-electron chi connectivity index (χ4n) is 5.90. The Hall–Kier alpha value is -5.94. The Morgan fingerprint density at radius 1 is 0.455 bits per heavy atom. The van der Waals surface area contributed by atoms with Gasteiger partial charge in [0.1, 0.15) is 0 Å². The van der Waals surface area contributed by atoms with E-state index in [1.807, 2.05) is 85.2 Å². The lowest BCUT2D eigenvalue weighted by Crippen LogP contribution is -2.04. The van der Waals surface area contributed by atoms with Gasteiger partial charge in [0.05, 0.1) is 16.7 Å². The molecule has 8 aromatic rings. The number of hydrogen-bond acceptors (Lipinski definition) is 4. The maximum absolute atomic E-state index is 5.10. The van der Waals surface area contributed by atoms with Gasteiger partial charge in [-0.25, -0.2) is 15.0 Å². The van der Waals surface area contributed by atoms with Crippen LogP contribution >= 0.6 is 0 Å². The van der Waals surface area contributed by atoms with Crippen LogP contribution in [0.25, 0.3) is 72.8 Å². The summed E-state index contributed by atoms with van der Waals surface area (Å²) >= 11 is 0. The number of benzene rings is 5. The number of nitrogens with zero attached hydrogens (tertiary/aromatic N) is 5. The van der Waals surface area contributed by atoms with Crippen molar-refractivity contribution in [2.24, 2.45) is 0 Å². The molecule has 0 radical (unpaired) electrons. The molecular weight excluding hydrogens is 538 g/mol. The second-order valence-electron chi connectivity index (χ2n) is 10.9. The van der Waals surface area contributed by atoms with Gasteiger partial charge in [-0.1, -0.05) is 97.1 Å². The number of aromatic nitrogens is 5. The molecule has 5 nitrogen and oxygen atoms in total. The first-order chi connectivity index (χ1) is 21.7. The highest BCUT2D eigenvalue weighted by Gasteiger charge is 2.20. The molecule has 8 rings (SSSR count). The normalized spacial score (nSPS) is 11.3. The zero-order chi connectivity index (χ0) is 29.5. The molecule has 0 saturated heterocycles. The molecule has 0 aliphatic rings. The molecular formula is C39H27N5. The molecule has 0 N–H and O–H groups in total. The Bertz CT molecular complexity index is 2220. The smallest absolute Gasteiger partial charge is 0.166 e. The minimum Gasteiger partial charge on any atom is -0.308 e. The Balaban J connectivity index is 1.46. The van der Waals surface area contributed by atoms with Crippen LogP contribution in [-0.4, -0.2) is 24.5 Å². The van der Waals surface area contributed by atoms with Crippen LogP contribution in [0.3, 0.4) is 0 Å². The van der Waals surface area contributed by atoms with Crippen molar-refractivity contribution < 1.29 is 0 Å². The zero-order valence-electron chi connectivity index (χ0n) is 24.1. The van der Waals surface area contributed by atoms with Gasteiger partial charge in [0, 0.05) is 39.9 Å². The van der Waals surface area contributed by atoms with Crippen molar-refractivity contribution in [2.75, 3.05) is 0 Å². The third-order valence-corrected chi connectivity index (χ3v) is 8.02. The number of pyridine rings is 1. The molecule has 3 heterocycles. The highest BCUT2D eigenvalue weighted by Crippen LogP contribution is 2.38. The minimum atomic E-state index is 0.618. The van der Waals surface area contributed by atoms with Gasteiger partial charge in [-0.2, -0.15) is 0 Å². The molecule has 0 spiro atoms. The molecule has 0 bridgehead atoms. The Kier molecular flexibility index (Phi) is 6.27. The summed E-state index contributed by atoms with van der Waals surface area (Å²) in [7, 11) is 0. The summed E-state index contributed by atoms with van der Waals surface area (Å²) < 4.78 is 2.35. The van der Waals surface area contributed by atoms with E-state index in [0.29, 0.717) is 17.5 Å². The van der Waals surface area contributed by atoms with Gasteiger partial charge in [-0.3, -0.25) is 4.98 Å². The highest BCUT2D eigenvalue weighted by atomic mass is 15.1. The maximum Gasteiger partial charge on any atom is 0.166 e. The van der Waals surface area contributed by atoms with E-state index in [-0.39, 0.29) is 0 Å². The van der Waals surface area contributed by atoms with E-state index in [1.165, 1.54) is 16.3 Å². The van der Waals surface area contributed by atoms with Gasteiger partial charge >= 0.3 is 0 Å². The van der Waals surface area contributed by atoms with Crippen LogP contribution in [0.1, 0.15) is 5.56 Å². The van der Waals surface area contributed by atoms with E-state index in [4.69, 9.17) is 15.0 Å². The lowest BCUT2D eigenvalue weighted by Gasteiger charge is -2.16. The van der Waals surface area contributed by atoms with Gasteiger partial charge in [0.15, 0.2) is 17.5 Å². The first kappa shape index (κ1) is 25.7. The predicted octanol–water partition coefficient (Wildman–Crippen LogP) is 9.34. The molecule has 0 aliphatic carbocycles. The van der Waals surface area contributed by atoms with Crippen molar-refractivity contribution in [1.29, 1.82) is 0 Å². The highest BCUT2D eigenvalue weighted by molar-refractivity contribution is 6.10.